The van der Waals surface area contributed by atoms with Gasteiger partial charge < -0.3 is 9.30 Å². The Morgan fingerprint density at radius 2 is 1.38 bits per heavy atom. The first-order valence-electron chi connectivity index (χ1n) is 8.89. The lowest BCUT2D eigenvalue weighted by Gasteiger charge is -2.28. The number of nitrogens with zero attached hydrogens (tertiary/aromatic N) is 1. The van der Waals surface area contributed by atoms with E-state index in [9.17, 15) is 0 Å². The maximum atomic E-state index is 6.45. The Labute approximate surface area is 153 Å². The normalized spacial score (nSPS) is 15.0. The van der Waals surface area contributed by atoms with Crippen LogP contribution in [0.5, 0.6) is 5.75 Å². The van der Waals surface area contributed by atoms with Crippen molar-refractivity contribution in [3.63, 3.8) is 0 Å². The van der Waals surface area contributed by atoms with E-state index >= 15 is 0 Å². The van der Waals surface area contributed by atoms with E-state index in [1.54, 1.807) is 0 Å². The van der Waals surface area contributed by atoms with Crippen molar-refractivity contribution >= 4 is 0 Å². The maximum absolute atomic E-state index is 6.45. The Kier molecular flexibility index (Phi) is 3.42. The van der Waals surface area contributed by atoms with Crippen LogP contribution in [0.3, 0.4) is 0 Å². The fourth-order valence-electron chi connectivity index (χ4n) is 3.87. The monoisotopic (exact) mass is 337 g/mol. The van der Waals surface area contributed by atoms with Gasteiger partial charge in [-0.2, -0.15) is 0 Å². The Morgan fingerprint density at radius 3 is 2.15 bits per heavy atom. The molecule has 0 saturated heterocycles. The summed E-state index contributed by atoms with van der Waals surface area (Å²) < 4.78 is 8.73. The van der Waals surface area contributed by atoms with E-state index in [1.165, 1.54) is 28.1 Å². The van der Waals surface area contributed by atoms with Gasteiger partial charge in [0, 0.05) is 23.9 Å². The number of para-hydroxylation sites is 1. The average molecular weight is 337 g/mol. The van der Waals surface area contributed by atoms with Crippen molar-refractivity contribution in [2.75, 3.05) is 0 Å². The zero-order valence-corrected chi connectivity index (χ0v) is 14.6. The Bertz CT molecular complexity index is 1060. The highest BCUT2D eigenvalue weighted by Crippen LogP contribution is 2.47. The number of benzene rings is 3. The summed E-state index contributed by atoms with van der Waals surface area (Å²) >= 11 is 0. The number of rotatable bonds is 2. The van der Waals surface area contributed by atoms with Crippen molar-refractivity contribution in [2.45, 2.75) is 6.10 Å². The minimum atomic E-state index is -0.108. The molecular weight excluding hydrogens is 318 g/mol. The van der Waals surface area contributed by atoms with Crippen LogP contribution in [0.25, 0.3) is 22.4 Å². The van der Waals surface area contributed by atoms with Crippen LogP contribution in [0.2, 0.25) is 0 Å². The predicted octanol–water partition coefficient (Wildman–Crippen LogP) is 5.84. The molecule has 1 aliphatic rings. The van der Waals surface area contributed by atoms with Crippen molar-refractivity contribution in [3.8, 4) is 28.1 Å². The molecule has 0 aliphatic carbocycles. The summed E-state index contributed by atoms with van der Waals surface area (Å²) in [5.74, 6) is 0.944. The summed E-state index contributed by atoms with van der Waals surface area (Å²) in [7, 11) is 2.13. The summed E-state index contributed by atoms with van der Waals surface area (Å²) in [5.41, 5.74) is 7.21. The molecule has 5 rings (SSSR count). The van der Waals surface area contributed by atoms with Crippen molar-refractivity contribution < 1.29 is 4.74 Å². The smallest absolute Gasteiger partial charge is 0.164 e. The fourth-order valence-corrected chi connectivity index (χ4v) is 3.87. The number of hydrogen-bond donors (Lipinski definition) is 0. The molecule has 4 aromatic rings. The van der Waals surface area contributed by atoms with Gasteiger partial charge >= 0.3 is 0 Å². The summed E-state index contributed by atoms with van der Waals surface area (Å²) in [6, 6.07) is 31.6. The van der Waals surface area contributed by atoms with Crippen molar-refractivity contribution in [1.82, 2.24) is 4.57 Å². The molecule has 126 valence electrons. The third-order valence-electron chi connectivity index (χ3n) is 5.12. The molecular formula is C24H19NO. The molecule has 1 aliphatic heterocycles. The molecule has 2 heteroatoms. The molecule has 26 heavy (non-hydrogen) atoms. The van der Waals surface area contributed by atoms with E-state index in [4.69, 9.17) is 4.74 Å². The summed E-state index contributed by atoms with van der Waals surface area (Å²) in [6.07, 6.45) is -0.108. The highest BCUT2D eigenvalue weighted by molar-refractivity contribution is 5.81. The second-order valence-electron chi connectivity index (χ2n) is 6.66. The van der Waals surface area contributed by atoms with Gasteiger partial charge in [0.1, 0.15) is 5.75 Å². The summed E-state index contributed by atoms with van der Waals surface area (Å²) in [4.78, 5) is 0. The van der Waals surface area contributed by atoms with E-state index in [2.05, 4.69) is 90.5 Å². The van der Waals surface area contributed by atoms with E-state index in [1.807, 2.05) is 12.1 Å². The molecule has 0 spiro atoms. The van der Waals surface area contributed by atoms with Crippen LogP contribution in [-0.4, -0.2) is 4.57 Å². The number of fused-ring (bicyclic) bond motifs is 3. The first-order valence-corrected chi connectivity index (χ1v) is 8.89. The number of hydrogen-bond acceptors (Lipinski definition) is 1. The zero-order valence-electron chi connectivity index (χ0n) is 14.6. The summed E-state index contributed by atoms with van der Waals surface area (Å²) in [6.45, 7) is 0. The van der Waals surface area contributed by atoms with Gasteiger partial charge in [0.15, 0.2) is 6.10 Å². The third-order valence-corrected chi connectivity index (χ3v) is 5.12. The van der Waals surface area contributed by atoms with E-state index < -0.39 is 0 Å². The van der Waals surface area contributed by atoms with Gasteiger partial charge in [-0.25, -0.2) is 0 Å². The van der Waals surface area contributed by atoms with Crippen LogP contribution in [0.4, 0.5) is 0 Å². The van der Waals surface area contributed by atoms with Gasteiger partial charge in [0.2, 0.25) is 0 Å². The van der Waals surface area contributed by atoms with Gasteiger partial charge in [0.25, 0.3) is 0 Å². The Morgan fingerprint density at radius 1 is 0.731 bits per heavy atom. The van der Waals surface area contributed by atoms with E-state index in [0.29, 0.717) is 0 Å². The van der Waals surface area contributed by atoms with Gasteiger partial charge in [-0.1, -0.05) is 78.9 Å². The van der Waals surface area contributed by atoms with Crippen LogP contribution in [-0.2, 0) is 7.05 Å². The molecule has 0 fully saturated rings. The Hall–Kier alpha value is -3.26. The Balaban J connectivity index is 1.77. The van der Waals surface area contributed by atoms with Crippen molar-refractivity contribution in [1.29, 1.82) is 0 Å². The van der Waals surface area contributed by atoms with Gasteiger partial charge in [-0.15, -0.1) is 0 Å². The molecule has 3 aromatic carbocycles. The minimum Gasteiger partial charge on any atom is -0.479 e. The van der Waals surface area contributed by atoms with Crippen molar-refractivity contribution in [3.05, 3.63) is 102 Å². The molecule has 0 saturated carbocycles. The van der Waals surface area contributed by atoms with Crippen LogP contribution in [0, 0.1) is 0 Å². The third kappa shape index (κ3) is 2.26. The molecule has 2 heterocycles. The van der Waals surface area contributed by atoms with Crippen LogP contribution < -0.4 is 4.74 Å². The van der Waals surface area contributed by atoms with Crippen LogP contribution in [0.15, 0.2) is 91.0 Å². The first kappa shape index (κ1) is 15.0. The SMILES string of the molecule is Cn1c(-c2ccccc2)cc2c1C(c1ccccc1)Oc1ccccc1-2. The predicted molar refractivity (Wildman–Crippen MR) is 105 cm³/mol. The minimum absolute atomic E-state index is 0.108. The quantitative estimate of drug-likeness (QED) is 0.448. The number of aromatic nitrogens is 1. The number of ether oxygens (including phenoxy) is 1. The second kappa shape index (κ2) is 5.92. The maximum Gasteiger partial charge on any atom is 0.164 e. The van der Waals surface area contributed by atoms with Crippen molar-refractivity contribution in [2.24, 2.45) is 7.05 Å². The first-order chi connectivity index (χ1) is 12.8. The molecule has 2 nitrogen and oxygen atoms in total. The highest BCUT2D eigenvalue weighted by atomic mass is 16.5. The van der Waals surface area contributed by atoms with Crippen LogP contribution >= 0.6 is 0 Å². The molecule has 0 radical (unpaired) electrons. The lowest BCUT2D eigenvalue weighted by atomic mass is 9.95. The topological polar surface area (TPSA) is 14.2 Å². The second-order valence-corrected chi connectivity index (χ2v) is 6.66. The fraction of sp³-hybridized carbons (Fsp3) is 0.0833. The largest absolute Gasteiger partial charge is 0.479 e. The van der Waals surface area contributed by atoms with Gasteiger partial charge in [0.05, 0.1) is 5.69 Å². The standard InChI is InChI=1S/C24H19NO/c1-25-21(17-10-4-2-5-11-17)16-20-19-14-8-9-15-22(19)26-24(23(20)25)18-12-6-3-7-13-18/h2-16,24H,1H3. The van der Waals surface area contributed by atoms with E-state index in [-0.39, 0.29) is 6.10 Å². The molecule has 0 bridgehead atoms. The molecule has 1 aromatic heterocycles. The average Bonchev–Trinajstić information content (AvgIpc) is 3.06. The molecule has 0 N–H and O–H groups in total. The lowest BCUT2D eigenvalue weighted by molar-refractivity contribution is 0.235. The summed E-state index contributed by atoms with van der Waals surface area (Å²) in [5, 5.41) is 0. The zero-order chi connectivity index (χ0) is 17.5. The van der Waals surface area contributed by atoms with Gasteiger partial charge in [-0.05, 0) is 23.3 Å². The van der Waals surface area contributed by atoms with E-state index in [0.717, 1.165) is 11.3 Å². The molecule has 0 amide bonds. The lowest BCUT2D eigenvalue weighted by Crippen LogP contribution is -2.18. The van der Waals surface area contributed by atoms with Gasteiger partial charge in [-0.3, -0.25) is 0 Å². The molecule has 1 atom stereocenters. The highest BCUT2D eigenvalue weighted by Gasteiger charge is 2.31. The molecule has 1 unspecified atom stereocenters. The van der Waals surface area contributed by atoms with Crippen LogP contribution in [0.1, 0.15) is 17.4 Å².